The smallest absolute Gasteiger partial charge is 0.407 e. The number of hydrogen-bond donors (Lipinski definition) is 2. The van der Waals surface area contributed by atoms with E-state index in [0.29, 0.717) is 13.0 Å². The molecule has 0 aliphatic heterocycles. The van der Waals surface area contributed by atoms with Crippen LogP contribution in [0.15, 0.2) is 24.3 Å². The van der Waals surface area contributed by atoms with Gasteiger partial charge in [-0.25, -0.2) is 9.78 Å². The van der Waals surface area contributed by atoms with E-state index < -0.39 is 11.7 Å². The molecule has 0 radical (unpaired) electrons. The molecule has 0 saturated carbocycles. The first-order valence-electron chi connectivity index (χ1n) is 8.40. The minimum atomic E-state index is -0.544. The van der Waals surface area contributed by atoms with Crippen molar-refractivity contribution in [2.45, 2.75) is 39.2 Å². The fraction of sp³-hybridized carbons (Fsp3) is 0.500. The van der Waals surface area contributed by atoms with Gasteiger partial charge in [-0.1, -0.05) is 12.1 Å². The molecule has 0 bridgehead atoms. The maximum atomic E-state index is 11.8. The number of imidazole rings is 1. The van der Waals surface area contributed by atoms with Crippen molar-refractivity contribution in [2.24, 2.45) is 7.05 Å². The van der Waals surface area contributed by atoms with E-state index in [4.69, 9.17) is 4.74 Å². The highest BCUT2D eigenvalue weighted by atomic mass is 16.6. The second-order valence-electron chi connectivity index (χ2n) is 6.85. The lowest BCUT2D eigenvalue weighted by atomic mass is 10.2. The second-order valence-corrected chi connectivity index (χ2v) is 6.85. The Hall–Kier alpha value is -2.57. The van der Waals surface area contributed by atoms with Crippen molar-refractivity contribution in [2.75, 3.05) is 13.1 Å². The Bertz CT molecular complexity index is 746. The van der Waals surface area contributed by atoms with Crippen LogP contribution in [-0.4, -0.2) is 40.2 Å². The number of hydrogen-bond acceptors (Lipinski definition) is 4. The molecular formula is C18H26N4O3. The molecule has 0 saturated heterocycles. The maximum Gasteiger partial charge on any atom is 0.407 e. The molecule has 136 valence electrons. The van der Waals surface area contributed by atoms with Gasteiger partial charge in [-0.05, 0) is 32.9 Å². The number of para-hydroxylation sites is 2. The predicted octanol–water partition coefficient (Wildman–Crippen LogP) is 2.15. The summed E-state index contributed by atoms with van der Waals surface area (Å²) in [4.78, 5) is 27.9. The first-order chi connectivity index (χ1) is 11.8. The molecule has 2 amide bonds. The number of amides is 2. The summed E-state index contributed by atoms with van der Waals surface area (Å²) in [6.45, 7) is 6.12. The molecule has 0 atom stereocenters. The molecule has 0 aliphatic rings. The SMILES string of the molecule is Cn1c(CCNC(=O)CCNC(=O)OC(C)(C)C)nc2ccccc21. The number of benzene rings is 1. The van der Waals surface area contributed by atoms with Crippen LogP contribution < -0.4 is 10.6 Å². The monoisotopic (exact) mass is 346 g/mol. The Labute approximate surface area is 147 Å². The van der Waals surface area contributed by atoms with Gasteiger partial charge in [-0.15, -0.1) is 0 Å². The average molecular weight is 346 g/mol. The van der Waals surface area contributed by atoms with Crippen LogP contribution in [0, 0.1) is 0 Å². The van der Waals surface area contributed by atoms with Crippen molar-refractivity contribution in [1.29, 1.82) is 0 Å². The van der Waals surface area contributed by atoms with Crippen LogP contribution in [-0.2, 0) is 23.0 Å². The molecule has 2 aromatic rings. The van der Waals surface area contributed by atoms with Crippen molar-refractivity contribution in [1.82, 2.24) is 20.2 Å². The van der Waals surface area contributed by atoms with E-state index in [-0.39, 0.29) is 18.9 Å². The van der Waals surface area contributed by atoms with Crippen LogP contribution in [0.25, 0.3) is 11.0 Å². The second kappa shape index (κ2) is 8.00. The zero-order valence-electron chi connectivity index (χ0n) is 15.3. The number of aryl methyl sites for hydroxylation is 1. The number of alkyl carbamates (subject to hydrolysis) is 1. The summed E-state index contributed by atoms with van der Waals surface area (Å²) in [6, 6.07) is 7.93. The molecule has 1 aromatic carbocycles. The van der Waals surface area contributed by atoms with Crippen LogP contribution in [0.5, 0.6) is 0 Å². The van der Waals surface area contributed by atoms with E-state index in [0.717, 1.165) is 16.9 Å². The third-order valence-electron chi connectivity index (χ3n) is 3.57. The summed E-state index contributed by atoms with van der Waals surface area (Å²) in [5, 5.41) is 5.41. The lowest BCUT2D eigenvalue weighted by Gasteiger charge is -2.19. The number of fused-ring (bicyclic) bond motifs is 1. The summed E-state index contributed by atoms with van der Waals surface area (Å²) >= 11 is 0. The Balaban J connectivity index is 1.70. The molecule has 1 aromatic heterocycles. The van der Waals surface area contributed by atoms with E-state index in [1.165, 1.54) is 0 Å². The molecule has 7 heteroatoms. The van der Waals surface area contributed by atoms with Crippen LogP contribution in [0.1, 0.15) is 33.0 Å². The van der Waals surface area contributed by atoms with Crippen LogP contribution in [0.2, 0.25) is 0 Å². The minimum Gasteiger partial charge on any atom is -0.444 e. The molecule has 7 nitrogen and oxygen atoms in total. The zero-order valence-corrected chi connectivity index (χ0v) is 15.3. The van der Waals surface area contributed by atoms with Crippen LogP contribution >= 0.6 is 0 Å². The molecular weight excluding hydrogens is 320 g/mol. The third kappa shape index (κ3) is 5.77. The summed E-state index contributed by atoms with van der Waals surface area (Å²) in [5.41, 5.74) is 1.48. The molecule has 0 unspecified atom stereocenters. The van der Waals surface area contributed by atoms with Gasteiger partial charge in [0.15, 0.2) is 0 Å². The number of nitrogens with one attached hydrogen (secondary N) is 2. The lowest BCUT2D eigenvalue weighted by molar-refractivity contribution is -0.120. The normalized spacial score (nSPS) is 11.4. The van der Waals surface area contributed by atoms with E-state index in [9.17, 15) is 9.59 Å². The third-order valence-corrected chi connectivity index (χ3v) is 3.57. The average Bonchev–Trinajstić information content (AvgIpc) is 2.82. The predicted molar refractivity (Wildman–Crippen MR) is 96.3 cm³/mol. The van der Waals surface area contributed by atoms with Gasteiger partial charge in [0.1, 0.15) is 11.4 Å². The van der Waals surface area contributed by atoms with E-state index in [1.54, 1.807) is 20.8 Å². The van der Waals surface area contributed by atoms with Gasteiger partial charge in [0.05, 0.1) is 11.0 Å². The minimum absolute atomic E-state index is 0.116. The lowest BCUT2D eigenvalue weighted by Crippen LogP contribution is -2.35. The Morgan fingerprint density at radius 1 is 1.16 bits per heavy atom. The van der Waals surface area contributed by atoms with Gasteiger partial charge in [0.25, 0.3) is 0 Å². The first-order valence-corrected chi connectivity index (χ1v) is 8.40. The summed E-state index contributed by atoms with van der Waals surface area (Å²) < 4.78 is 7.14. The largest absolute Gasteiger partial charge is 0.444 e. The molecule has 0 fully saturated rings. The fourth-order valence-corrected chi connectivity index (χ4v) is 2.41. The molecule has 1 heterocycles. The van der Waals surface area contributed by atoms with E-state index in [1.807, 2.05) is 35.9 Å². The molecule has 2 rings (SSSR count). The van der Waals surface area contributed by atoms with Crippen molar-refractivity contribution < 1.29 is 14.3 Å². The zero-order chi connectivity index (χ0) is 18.4. The van der Waals surface area contributed by atoms with Crippen molar-refractivity contribution in [3.63, 3.8) is 0 Å². The van der Waals surface area contributed by atoms with Gasteiger partial charge < -0.3 is 19.9 Å². The van der Waals surface area contributed by atoms with Gasteiger partial charge in [0.2, 0.25) is 5.91 Å². The highest BCUT2D eigenvalue weighted by molar-refractivity contribution is 5.77. The number of ether oxygens (including phenoxy) is 1. The number of nitrogens with zero attached hydrogens (tertiary/aromatic N) is 2. The number of carbonyl (C=O) groups is 2. The van der Waals surface area contributed by atoms with Crippen LogP contribution in [0.4, 0.5) is 4.79 Å². The first kappa shape index (κ1) is 18.8. The number of carbonyl (C=O) groups excluding carboxylic acids is 2. The quantitative estimate of drug-likeness (QED) is 0.839. The van der Waals surface area contributed by atoms with Gasteiger partial charge in [-0.3, -0.25) is 4.79 Å². The standard InChI is InChI=1S/C18H26N4O3/c1-18(2,3)25-17(24)20-12-10-16(23)19-11-9-15-21-13-7-5-6-8-14(13)22(15)4/h5-8H,9-12H2,1-4H3,(H,19,23)(H,20,24). The summed E-state index contributed by atoms with van der Waals surface area (Å²) in [7, 11) is 1.97. The van der Waals surface area contributed by atoms with Gasteiger partial charge in [0, 0.05) is 33.0 Å². The summed E-state index contributed by atoms with van der Waals surface area (Å²) in [6.07, 6.45) is 0.345. The molecule has 0 aliphatic carbocycles. The Morgan fingerprint density at radius 3 is 2.56 bits per heavy atom. The molecule has 25 heavy (non-hydrogen) atoms. The van der Waals surface area contributed by atoms with Gasteiger partial charge in [-0.2, -0.15) is 0 Å². The summed E-state index contributed by atoms with van der Waals surface area (Å²) in [5.74, 6) is 0.809. The van der Waals surface area contributed by atoms with Crippen molar-refractivity contribution in [3.8, 4) is 0 Å². The van der Waals surface area contributed by atoms with E-state index >= 15 is 0 Å². The number of rotatable bonds is 6. The topological polar surface area (TPSA) is 85.2 Å². The highest BCUT2D eigenvalue weighted by Gasteiger charge is 2.15. The van der Waals surface area contributed by atoms with Gasteiger partial charge >= 0.3 is 6.09 Å². The molecule has 0 spiro atoms. The molecule has 2 N–H and O–H groups in total. The maximum absolute atomic E-state index is 11.8. The Kier molecular flexibility index (Phi) is 6.01. The fourth-order valence-electron chi connectivity index (χ4n) is 2.41. The van der Waals surface area contributed by atoms with Crippen molar-refractivity contribution >= 4 is 23.0 Å². The Morgan fingerprint density at radius 2 is 1.88 bits per heavy atom. The van der Waals surface area contributed by atoms with E-state index in [2.05, 4.69) is 15.6 Å². The van der Waals surface area contributed by atoms with Crippen molar-refractivity contribution in [3.05, 3.63) is 30.1 Å². The highest BCUT2D eigenvalue weighted by Crippen LogP contribution is 2.14. The number of aromatic nitrogens is 2. The van der Waals surface area contributed by atoms with Crippen LogP contribution in [0.3, 0.4) is 0 Å².